The van der Waals surface area contributed by atoms with Crippen LogP contribution >= 0.6 is 0 Å². The maximum atomic E-state index is 12.5. The van der Waals surface area contributed by atoms with Crippen LogP contribution in [0, 0.1) is 5.92 Å². The van der Waals surface area contributed by atoms with Gasteiger partial charge in [0.2, 0.25) is 5.91 Å². The van der Waals surface area contributed by atoms with Crippen molar-refractivity contribution in [3.05, 3.63) is 29.8 Å². The molecule has 1 amide bonds. The molecule has 5 heteroatoms. The van der Waals surface area contributed by atoms with Crippen molar-refractivity contribution in [3.63, 3.8) is 0 Å². The lowest BCUT2D eigenvalue weighted by molar-refractivity contribution is -0.177. The Morgan fingerprint density at radius 3 is 2.85 bits per heavy atom. The summed E-state index contributed by atoms with van der Waals surface area (Å²) in [6.07, 6.45) is 0.589. The van der Waals surface area contributed by atoms with Crippen LogP contribution in [0.15, 0.2) is 24.3 Å². The van der Waals surface area contributed by atoms with Crippen LogP contribution in [-0.4, -0.2) is 36.7 Å². The fourth-order valence-electron chi connectivity index (χ4n) is 3.19. The number of carbonyl (C=O) groups excluding carboxylic acids is 2. The quantitative estimate of drug-likeness (QED) is 0.576. The molecule has 2 heterocycles. The second kappa shape index (κ2) is 4.23. The predicted octanol–water partition coefficient (Wildman–Crippen LogP) is 1.53. The number of hydrogen-bond acceptors (Lipinski definition) is 4. The highest BCUT2D eigenvalue weighted by atomic mass is 16.5. The van der Waals surface area contributed by atoms with Crippen molar-refractivity contribution in [1.29, 1.82) is 0 Å². The molecule has 2 bridgehead atoms. The molecule has 0 radical (unpaired) electrons. The van der Waals surface area contributed by atoms with Gasteiger partial charge >= 0.3 is 5.97 Å². The lowest BCUT2D eigenvalue weighted by Gasteiger charge is -2.51. The van der Waals surface area contributed by atoms with E-state index < -0.39 is 17.6 Å². The van der Waals surface area contributed by atoms with Crippen LogP contribution in [0.4, 0.5) is 0 Å². The van der Waals surface area contributed by atoms with Gasteiger partial charge in [-0.15, -0.1) is 0 Å². The van der Waals surface area contributed by atoms with Gasteiger partial charge in [0, 0.05) is 19.4 Å². The Kier molecular flexibility index (Phi) is 2.74. The Morgan fingerprint density at radius 2 is 2.15 bits per heavy atom. The number of likely N-dealkylation sites (tertiary alicyclic amines) is 1. The number of esters is 1. The molecule has 3 atom stereocenters. The van der Waals surface area contributed by atoms with Crippen LogP contribution < -0.4 is 4.74 Å². The summed E-state index contributed by atoms with van der Waals surface area (Å²) in [6.45, 7) is 1.88. The van der Waals surface area contributed by atoms with E-state index in [1.165, 1.54) is 12.0 Å². The van der Waals surface area contributed by atoms with Gasteiger partial charge in [-0.3, -0.25) is 9.59 Å². The molecule has 0 aromatic heterocycles. The number of methoxy groups -OCH3 is 1. The molecular formula is C15H17NO4. The average Bonchev–Trinajstić information content (AvgIpc) is 2.44. The smallest absolute Gasteiger partial charge is 0.318 e. The number of nitrogens with zero attached hydrogens (tertiary/aromatic N) is 1. The van der Waals surface area contributed by atoms with Gasteiger partial charge in [0.25, 0.3) is 0 Å². The molecule has 0 unspecified atom stereocenters. The number of benzene rings is 1. The van der Waals surface area contributed by atoms with E-state index in [1.54, 1.807) is 7.05 Å². The lowest BCUT2D eigenvalue weighted by Crippen LogP contribution is -2.62. The molecule has 5 nitrogen and oxygen atoms in total. The molecule has 0 saturated carbocycles. The molecule has 0 N–H and O–H groups in total. The molecule has 20 heavy (non-hydrogen) atoms. The summed E-state index contributed by atoms with van der Waals surface area (Å²) in [6, 6.07) is 7.56. The standard InChI is InChI=1S/C15H17NO4/c1-15-8-10(9-6-4-5-7-11(9)20-15)12(14(18)19-3)13(17)16(15)2/h4-7,10,12H,8H2,1-3H3/t10-,12-,15-/m0/s1. The Morgan fingerprint density at radius 1 is 1.45 bits per heavy atom. The van der Waals surface area contributed by atoms with Gasteiger partial charge in [-0.2, -0.15) is 0 Å². The van der Waals surface area contributed by atoms with Crippen LogP contribution in [0.5, 0.6) is 5.75 Å². The summed E-state index contributed by atoms with van der Waals surface area (Å²) in [7, 11) is 2.98. The van der Waals surface area contributed by atoms with Crippen LogP contribution in [0.2, 0.25) is 0 Å². The third kappa shape index (κ3) is 1.62. The summed E-state index contributed by atoms with van der Waals surface area (Å²) >= 11 is 0. The first-order valence-corrected chi connectivity index (χ1v) is 6.61. The zero-order valence-electron chi connectivity index (χ0n) is 11.8. The Hall–Kier alpha value is -2.04. The Bertz CT molecular complexity index is 585. The second-order valence-corrected chi connectivity index (χ2v) is 5.52. The first-order chi connectivity index (χ1) is 9.48. The molecule has 1 fully saturated rings. The van der Waals surface area contributed by atoms with Gasteiger partial charge in [0.05, 0.1) is 7.11 Å². The number of carbonyl (C=O) groups is 2. The highest BCUT2D eigenvalue weighted by molar-refractivity contribution is 6.00. The number of hydrogen-bond donors (Lipinski definition) is 0. The zero-order chi connectivity index (χ0) is 14.5. The van der Waals surface area contributed by atoms with Crippen molar-refractivity contribution in [1.82, 2.24) is 4.90 Å². The molecule has 1 aromatic carbocycles. The number of amides is 1. The molecule has 106 valence electrons. The van der Waals surface area contributed by atoms with Gasteiger partial charge in [-0.05, 0) is 18.6 Å². The molecule has 1 aromatic rings. The van der Waals surface area contributed by atoms with Gasteiger partial charge < -0.3 is 14.4 Å². The van der Waals surface area contributed by atoms with Crippen LogP contribution in [-0.2, 0) is 14.3 Å². The lowest BCUT2D eigenvalue weighted by atomic mass is 9.74. The van der Waals surface area contributed by atoms with Crippen molar-refractivity contribution in [2.24, 2.45) is 5.92 Å². The van der Waals surface area contributed by atoms with Gasteiger partial charge in [0.15, 0.2) is 5.72 Å². The van der Waals surface area contributed by atoms with Crippen molar-refractivity contribution >= 4 is 11.9 Å². The fourth-order valence-corrected chi connectivity index (χ4v) is 3.19. The molecule has 2 aliphatic heterocycles. The Balaban J connectivity index is 2.14. The molecule has 3 rings (SSSR count). The van der Waals surface area contributed by atoms with E-state index in [9.17, 15) is 9.59 Å². The summed E-state index contributed by atoms with van der Waals surface area (Å²) < 4.78 is 10.8. The maximum Gasteiger partial charge on any atom is 0.318 e. The maximum absolute atomic E-state index is 12.5. The number of rotatable bonds is 1. The van der Waals surface area contributed by atoms with Crippen LogP contribution in [0.3, 0.4) is 0 Å². The third-order valence-electron chi connectivity index (χ3n) is 4.41. The largest absolute Gasteiger partial charge is 0.468 e. The molecule has 2 aliphatic rings. The van der Waals surface area contributed by atoms with Crippen molar-refractivity contribution in [2.45, 2.75) is 25.0 Å². The van der Waals surface area contributed by atoms with Gasteiger partial charge in [0.1, 0.15) is 11.7 Å². The monoisotopic (exact) mass is 275 g/mol. The molecule has 1 saturated heterocycles. The highest BCUT2D eigenvalue weighted by Gasteiger charge is 2.55. The highest BCUT2D eigenvalue weighted by Crippen LogP contribution is 2.49. The number of ether oxygens (including phenoxy) is 2. The summed E-state index contributed by atoms with van der Waals surface area (Å²) in [5.74, 6) is -0.973. The number of piperidine rings is 1. The summed E-state index contributed by atoms with van der Waals surface area (Å²) in [5, 5.41) is 0. The Labute approximate surface area is 117 Å². The minimum Gasteiger partial charge on any atom is -0.468 e. The van der Waals surface area contributed by atoms with E-state index in [0.717, 1.165) is 11.3 Å². The van der Waals surface area contributed by atoms with Crippen molar-refractivity contribution < 1.29 is 19.1 Å². The SMILES string of the molecule is COC(=O)[C@@H]1C(=O)N(C)[C@]2(C)C[C@H]1c1ccccc1O2. The first kappa shape index (κ1) is 13.0. The van der Waals surface area contributed by atoms with Crippen LogP contribution in [0.25, 0.3) is 0 Å². The summed E-state index contributed by atoms with van der Waals surface area (Å²) in [5.41, 5.74) is 0.197. The summed E-state index contributed by atoms with van der Waals surface area (Å²) in [4.78, 5) is 26.0. The minimum absolute atomic E-state index is 0.193. The molecular weight excluding hydrogens is 258 g/mol. The van der Waals surface area contributed by atoms with E-state index in [2.05, 4.69) is 0 Å². The van der Waals surface area contributed by atoms with Gasteiger partial charge in [-0.1, -0.05) is 18.2 Å². The van der Waals surface area contributed by atoms with E-state index in [0.29, 0.717) is 6.42 Å². The van der Waals surface area contributed by atoms with Crippen molar-refractivity contribution in [2.75, 3.05) is 14.2 Å². The van der Waals surface area contributed by atoms with Crippen molar-refractivity contribution in [3.8, 4) is 5.75 Å². The van der Waals surface area contributed by atoms with Gasteiger partial charge in [-0.25, -0.2) is 0 Å². The normalized spacial score (nSPS) is 31.4. The first-order valence-electron chi connectivity index (χ1n) is 6.61. The zero-order valence-corrected chi connectivity index (χ0v) is 11.8. The van der Waals surface area contributed by atoms with Crippen LogP contribution in [0.1, 0.15) is 24.8 Å². The molecule has 0 spiro atoms. The predicted molar refractivity (Wildman–Crippen MR) is 71.1 cm³/mol. The topological polar surface area (TPSA) is 55.8 Å². The number of para-hydroxylation sites is 1. The fraction of sp³-hybridized carbons (Fsp3) is 0.467. The van der Waals surface area contributed by atoms with E-state index >= 15 is 0 Å². The average molecular weight is 275 g/mol. The van der Waals surface area contributed by atoms with E-state index in [4.69, 9.17) is 9.47 Å². The molecule has 0 aliphatic carbocycles. The van der Waals surface area contributed by atoms with E-state index in [-0.39, 0.29) is 11.8 Å². The number of fused-ring (bicyclic) bond motifs is 4. The van der Waals surface area contributed by atoms with E-state index in [1.807, 2.05) is 31.2 Å². The second-order valence-electron chi connectivity index (χ2n) is 5.52. The minimum atomic E-state index is -0.789. The third-order valence-corrected chi connectivity index (χ3v) is 4.41.